The van der Waals surface area contributed by atoms with E-state index in [4.69, 9.17) is 4.42 Å². The Balaban J connectivity index is 2.10. The number of nitrogens with zero attached hydrogens (tertiary/aromatic N) is 1. The Morgan fingerprint density at radius 1 is 1.48 bits per heavy atom. The molecule has 0 saturated heterocycles. The summed E-state index contributed by atoms with van der Waals surface area (Å²) in [6.45, 7) is 6.95. The second-order valence-electron chi connectivity index (χ2n) is 6.09. The smallest absolute Gasteiger partial charge is 0.246 e. The summed E-state index contributed by atoms with van der Waals surface area (Å²) < 4.78 is 32.2. The highest BCUT2D eigenvalue weighted by Gasteiger charge is 2.27. The van der Waals surface area contributed by atoms with Crippen molar-refractivity contribution in [2.24, 2.45) is 5.92 Å². The summed E-state index contributed by atoms with van der Waals surface area (Å²) in [4.78, 5) is 0.292. The molecule has 1 aromatic heterocycles. The maximum atomic E-state index is 12.6. The van der Waals surface area contributed by atoms with Crippen LogP contribution in [0.15, 0.2) is 15.4 Å². The van der Waals surface area contributed by atoms with Crippen LogP contribution in [0.1, 0.15) is 44.6 Å². The first-order valence-corrected chi connectivity index (χ1v) is 9.07. The molecule has 0 spiro atoms. The maximum absolute atomic E-state index is 12.6. The van der Waals surface area contributed by atoms with Crippen LogP contribution >= 0.6 is 0 Å². The van der Waals surface area contributed by atoms with Crippen LogP contribution in [-0.4, -0.2) is 32.4 Å². The molecule has 0 amide bonds. The van der Waals surface area contributed by atoms with Crippen LogP contribution in [0.4, 0.5) is 0 Å². The van der Waals surface area contributed by atoms with E-state index in [2.05, 4.69) is 19.2 Å². The highest BCUT2D eigenvalue weighted by atomic mass is 32.2. The molecule has 6 heteroatoms. The van der Waals surface area contributed by atoms with Gasteiger partial charge in [-0.25, -0.2) is 12.7 Å². The Hall–Kier alpha value is -0.850. The van der Waals surface area contributed by atoms with Gasteiger partial charge in [0.25, 0.3) is 0 Å². The van der Waals surface area contributed by atoms with Crippen LogP contribution in [0, 0.1) is 12.8 Å². The van der Waals surface area contributed by atoms with Crippen LogP contribution in [-0.2, 0) is 16.6 Å². The van der Waals surface area contributed by atoms with Crippen LogP contribution < -0.4 is 5.32 Å². The van der Waals surface area contributed by atoms with E-state index in [0.29, 0.717) is 41.5 Å². The zero-order valence-electron chi connectivity index (χ0n) is 13.3. The minimum Gasteiger partial charge on any atom is -0.464 e. The number of hydrogen-bond donors (Lipinski definition) is 1. The van der Waals surface area contributed by atoms with Gasteiger partial charge in [0.2, 0.25) is 10.0 Å². The van der Waals surface area contributed by atoms with Crippen LogP contribution in [0.5, 0.6) is 0 Å². The summed E-state index contributed by atoms with van der Waals surface area (Å²) >= 11 is 0. The molecule has 5 nitrogen and oxygen atoms in total. The van der Waals surface area contributed by atoms with E-state index in [1.807, 2.05) is 0 Å². The molecule has 1 aliphatic carbocycles. The summed E-state index contributed by atoms with van der Waals surface area (Å²) in [6.07, 6.45) is 3.35. The van der Waals surface area contributed by atoms with Gasteiger partial charge in [0.05, 0.1) is 6.54 Å². The fourth-order valence-electron chi connectivity index (χ4n) is 2.23. The zero-order valence-corrected chi connectivity index (χ0v) is 14.2. The van der Waals surface area contributed by atoms with E-state index >= 15 is 0 Å². The lowest BCUT2D eigenvalue weighted by Crippen LogP contribution is -2.31. The first-order valence-electron chi connectivity index (χ1n) is 7.63. The molecule has 0 radical (unpaired) electrons. The fraction of sp³-hybridized carbons (Fsp3) is 0.733. The van der Waals surface area contributed by atoms with E-state index in [1.54, 1.807) is 20.0 Å². The molecule has 1 N–H and O–H groups in total. The average Bonchev–Trinajstić information content (AvgIpc) is 3.18. The normalized spacial score (nSPS) is 17.4. The predicted molar refractivity (Wildman–Crippen MR) is 82.6 cm³/mol. The van der Waals surface area contributed by atoms with Gasteiger partial charge in [-0.1, -0.05) is 20.3 Å². The molecule has 0 aromatic carbocycles. The van der Waals surface area contributed by atoms with Gasteiger partial charge in [0.15, 0.2) is 0 Å². The summed E-state index contributed by atoms with van der Waals surface area (Å²) in [7, 11) is -1.83. The maximum Gasteiger partial charge on any atom is 0.246 e. The largest absolute Gasteiger partial charge is 0.464 e. The molecule has 1 heterocycles. The molecule has 2 rings (SSSR count). The molecule has 1 unspecified atom stereocenters. The van der Waals surface area contributed by atoms with Gasteiger partial charge in [0, 0.05) is 25.7 Å². The number of nitrogens with one attached hydrogen (secondary N) is 1. The van der Waals surface area contributed by atoms with Crippen molar-refractivity contribution in [3.8, 4) is 0 Å². The predicted octanol–water partition coefficient (Wildman–Crippen LogP) is 2.51. The number of rotatable bonds is 8. The highest BCUT2D eigenvalue weighted by Crippen LogP contribution is 2.25. The van der Waals surface area contributed by atoms with Crippen molar-refractivity contribution >= 4 is 10.0 Å². The Kier molecular flexibility index (Phi) is 5.11. The minimum atomic E-state index is -3.47. The monoisotopic (exact) mass is 314 g/mol. The lowest BCUT2D eigenvalue weighted by atomic mass is 10.1. The molecule has 1 fully saturated rings. The standard InChI is InChI=1S/C15H26N2O3S/c1-5-11(2)10-17(4)21(18,19)15-8-14(20-12(15)3)9-16-13-6-7-13/h8,11,13,16H,5-7,9-10H2,1-4H3. The lowest BCUT2D eigenvalue weighted by molar-refractivity contribution is 0.392. The third-order valence-corrected chi connectivity index (χ3v) is 5.95. The Labute approximate surface area is 127 Å². The lowest BCUT2D eigenvalue weighted by Gasteiger charge is -2.19. The topological polar surface area (TPSA) is 62.6 Å². The van der Waals surface area contributed by atoms with Gasteiger partial charge < -0.3 is 9.73 Å². The molecule has 21 heavy (non-hydrogen) atoms. The summed E-state index contributed by atoms with van der Waals surface area (Å²) in [5, 5.41) is 3.33. The van der Waals surface area contributed by atoms with Crippen LogP contribution in [0.2, 0.25) is 0 Å². The highest BCUT2D eigenvalue weighted by molar-refractivity contribution is 7.89. The summed E-state index contributed by atoms with van der Waals surface area (Å²) in [5.74, 6) is 1.50. The van der Waals surface area contributed by atoms with Gasteiger partial charge in [-0.15, -0.1) is 0 Å². The van der Waals surface area contributed by atoms with Crippen LogP contribution in [0.25, 0.3) is 0 Å². The third-order valence-electron chi connectivity index (χ3n) is 4.02. The van der Waals surface area contributed by atoms with Crippen molar-refractivity contribution in [2.75, 3.05) is 13.6 Å². The van der Waals surface area contributed by atoms with Crippen molar-refractivity contribution in [3.63, 3.8) is 0 Å². The quantitative estimate of drug-likeness (QED) is 0.801. The van der Waals surface area contributed by atoms with E-state index in [-0.39, 0.29) is 0 Å². The van der Waals surface area contributed by atoms with Gasteiger partial charge in [-0.2, -0.15) is 0 Å². The van der Waals surface area contributed by atoms with E-state index in [1.165, 1.54) is 17.1 Å². The Bertz CT molecular complexity index is 576. The van der Waals surface area contributed by atoms with Crippen molar-refractivity contribution in [1.29, 1.82) is 0 Å². The molecule has 0 aliphatic heterocycles. The summed E-state index contributed by atoms with van der Waals surface area (Å²) in [6, 6.07) is 2.23. The number of hydrogen-bond acceptors (Lipinski definition) is 4. The second kappa shape index (κ2) is 6.50. The van der Waals surface area contributed by atoms with Crippen molar-refractivity contribution < 1.29 is 12.8 Å². The molecule has 1 aliphatic rings. The van der Waals surface area contributed by atoms with E-state index < -0.39 is 10.0 Å². The number of aryl methyl sites for hydroxylation is 1. The zero-order chi connectivity index (χ0) is 15.6. The average molecular weight is 314 g/mol. The minimum absolute atomic E-state index is 0.292. The van der Waals surface area contributed by atoms with Crippen molar-refractivity contribution in [2.45, 2.75) is 57.5 Å². The Morgan fingerprint density at radius 3 is 2.71 bits per heavy atom. The van der Waals surface area contributed by atoms with Crippen molar-refractivity contribution in [3.05, 3.63) is 17.6 Å². The molecular weight excluding hydrogens is 288 g/mol. The van der Waals surface area contributed by atoms with Gasteiger partial charge in [-0.3, -0.25) is 0 Å². The second-order valence-corrected chi connectivity index (χ2v) is 8.10. The van der Waals surface area contributed by atoms with Gasteiger partial charge in [-0.05, 0) is 25.7 Å². The first kappa shape index (κ1) is 16.5. The molecule has 1 saturated carbocycles. The summed E-state index contributed by atoms with van der Waals surface area (Å²) in [5.41, 5.74) is 0. The van der Waals surface area contributed by atoms with E-state index in [9.17, 15) is 8.42 Å². The third kappa shape index (κ3) is 4.08. The molecule has 120 valence electrons. The van der Waals surface area contributed by atoms with Crippen LogP contribution in [0.3, 0.4) is 0 Å². The fourth-order valence-corrected chi connectivity index (χ4v) is 3.71. The number of sulfonamides is 1. The van der Waals surface area contributed by atoms with E-state index in [0.717, 1.165) is 6.42 Å². The Morgan fingerprint density at radius 2 is 2.14 bits per heavy atom. The van der Waals surface area contributed by atoms with Gasteiger partial charge >= 0.3 is 0 Å². The van der Waals surface area contributed by atoms with Gasteiger partial charge in [0.1, 0.15) is 16.4 Å². The molecule has 1 aromatic rings. The molecule has 0 bridgehead atoms. The SMILES string of the molecule is CCC(C)CN(C)S(=O)(=O)c1cc(CNC2CC2)oc1C. The molecule has 1 atom stereocenters. The molecular formula is C15H26N2O3S. The van der Waals surface area contributed by atoms with Crippen molar-refractivity contribution in [1.82, 2.24) is 9.62 Å². The number of furan rings is 1. The first-order chi connectivity index (χ1) is 9.84.